The molecule has 0 spiro atoms. The van der Waals surface area contributed by atoms with E-state index in [1.807, 2.05) is 23.1 Å². The highest BCUT2D eigenvalue weighted by molar-refractivity contribution is 5.96. The Morgan fingerprint density at radius 2 is 1.93 bits per heavy atom. The normalized spacial score (nSPS) is 16.4. The Labute approximate surface area is 173 Å². The zero-order chi connectivity index (χ0) is 20.9. The van der Waals surface area contributed by atoms with E-state index in [0.717, 1.165) is 18.2 Å². The second-order valence-corrected chi connectivity index (χ2v) is 6.99. The molecule has 30 heavy (non-hydrogen) atoms. The Balaban J connectivity index is 1.55. The second-order valence-electron chi connectivity index (χ2n) is 6.99. The molecule has 8 nitrogen and oxygen atoms in total. The van der Waals surface area contributed by atoms with Crippen LogP contribution in [0.3, 0.4) is 0 Å². The second kappa shape index (κ2) is 8.94. The average Bonchev–Trinajstić information content (AvgIpc) is 3.17. The number of hydrogen-bond donors (Lipinski definition) is 0. The van der Waals surface area contributed by atoms with Gasteiger partial charge in [0.1, 0.15) is 18.2 Å². The molecule has 1 fully saturated rings. The lowest BCUT2D eigenvalue weighted by atomic mass is 10.0. The van der Waals surface area contributed by atoms with E-state index in [1.54, 1.807) is 31.5 Å². The van der Waals surface area contributed by atoms with E-state index in [1.165, 1.54) is 0 Å². The lowest BCUT2D eigenvalue weighted by Gasteiger charge is -2.33. The van der Waals surface area contributed by atoms with Crippen molar-refractivity contribution in [3.63, 3.8) is 0 Å². The molecule has 8 heteroatoms. The van der Waals surface area contributed by atoms with Gasteiger partial charge >= 0.3 is 11.9 Å². The van der Waals surface area contributed by atoms with Crippen molar-refractivity contribution in [2.45, 2.75) is 38.8 Å². The maximum atomic E-state index is 13.0. The fourth-order valence-electron chi connectivity index (χ4n) is 3.70. The van der Waals surface area contributed by atoms with Crippen LogP contribution in [0.25, 0.3) is 11.0 Å². The molecule has 0 saturated carbocycles. The zero-order valence-corrected chi connectivity index (χ0v) is 16.7. The van der Waals surface area contributed by atoms with E-state index >= 15 is 0 Å². The summed E-state index contributed by atoms with van der Waals surface area (Å²) in [6, 6.07) is 8.52. The van der Waals surface area contributed by atoms with Crippen LogP contribution in [-0.2, 0) is 20.9 Å². The van der Waals surface area contributed by atoms with Gasteiger partial charge < -0.3 is 18.8 Å². The number of ether oxygens (including phenoxy) is 2. The monoisotopic (exact) mass is 409 g/mol. The highest BCUT2D eigenvalue weighted by Crippen LogP contribution is 2.28. The number of nitrogens with zero attached hydrogens (tertiary/aromatic N) is 3. The standard InChI is InChI=1S/C22H23N3O5/c1-2-28-21(27)19-16(15-8-3-4-10-18(15)30-19)14-29-20(26)17-9-5-6-13-25(17)22-23-11-7-12-24-22/h3-4,7-8,10-12,17H,2,5-6,9,13-14H2,1H3. The topological polar surface area (TPSA) is 94.8 Å². The van der Waals surface area contributed by atoms with Gasteiger partial charge in [-0.05, 0) is 38.3 Å². The van der Waals surface area contributed by atoms with E-state index in [0.29, 0.717) is 30.1 Å². The summed E-state index contributed by atoms with van der Waals surface area (Å²) >= 11 is 0. The van der Waals surface area contributed by atoms with Crippen LogP contribution in [0.4, 0.5) is 5.95 Å². The third-order valence-electron chi connectivity index (χ3n) is 5.10. The number of furan rings is 1. The molecule has 0 aliphatic carbocycles. The Morgan fingerprint density at radius 3 is 2.73 bits per heavy atom. The number of carbonyl (C=O) groups is 2. The van der Waals surface area contributed by atoms with Crippen molar-refractivity contribution >= 4 is 28.9 Å². The van der Waals surface area contributed by atoms with Gasteiger partial charge in [-0.15, -0.1) is 0 Å². The highest BCUT2D eigenvalue weighted by Gasteiger charge is 2.32. The van der Waals surface area contributed by atoms with Crippen molar-refractivity contribution in [2.24, 2.45) is 0 Å². The third kappa shape index (κ3) is 3.98. The van der Waals surface area contributed by atoms with Crippen LogP contribution in [-0.4, -0.2) is 41.1 Å². The summed E-state index contributed by atoms with van der Waals surface area (Å²) in [7, 11) is 0. The Bertz CT molecular complexity index is 1030. The minimum atomic E-state index is -0.572. The Morgan fingerprint density at radius 1 is 1.13 bits per heavy atom. The maximum absolute atomic E-state index is 13.0. The van der Waals surface area contributed by atoms with Gasteiger partial charge in [-0.1, -0.05) is 18.2 Å². The summed E-state index contributed by atoms with van der Waals surface area (Å²) in [5.74, 6) is -0.364. The van der Waals surface area contributed by atoms with Crippen molar-refractivity contribution in [1.29, 1.82) is 0 Å². The van der Waals surface area contributed by atoms with Crippen LogP contribution in [0, 0.1) is 0 Å². The molecule has 1 saturated heterocycles. The first kappa shape index (κ1) is 19.9. The van der Waals surface area contributed by atoms with Gasteiger partial charge in [-0.25, -0.2) is 19.6 Å². The summed E-state index contributed by atoms with van der Waals surface area (Å²) in [5.41, 5.74) is 1.05. The summed E-state index contributed by atoms with van der Waals surface area (Å²) < 4.78 is 16.4. The molecule has 0 bridgehead atoms. The maximum Gasteiger partial charge on any atom is 0.374 e. The molecular formula is C22H23N3O5. The number of carbonyl (C=O) groups excluding carboxylic acids is 2. The van der Waals surface area contributed by atoms with Crippen molar-refractivity contribution in [1.82, 2.24) is 9.97 Å². The molecule has 1 aliphatic heterocycles. The van der Waals surface area contributed by atoms with Crippen molar-refractivity contribution in [3.8, 4) is 0 Å². The Kier molecular flexibility index (Phi) is 5.92. The first-order valence-corrected chi connectivity index (χ1v) is 10.1. The van der Waals surface area contributed by atoms with Crippen molar-refractivity contribution in [2.75, 3.05) is 18.1 Å². The largest absolute Gasteiger partial charge is 0.460 e. The number of rotatable bonds is 6. The molecule has 3 aromatic rings. The zero-order valence-electron chi connectivity index (χ0n) is 16.7. The van der Waals surface area contributed by atoms with Gasteiger partial charge in [0.25, 0.3) is 0 Å². The van der Waals surface area contributed by atoms with E-state index in [2.05, 4.69) is 9.97 Å². The predicted molar refractivity (Wildman–Crippen MR) is 109 cm³/mol. The van der Waals surface area contributed by atoms with Gasteiger partial charge in [-0.3, -0.25) is 0 Å². The average molecular weight is 409 g/mol. The van der Waals surface area contributed by atoms with Crippen LogP contribution in [0.5, 0.6) is 0 Å². The smallest absolute Gasteiger partial charge is 0.374 e. The lowest BCUT2D eigenvalue weighted by molar-refractivity contribution is -0.147. The number of piperidine rings is 1. The van der Waals surface area contributed by atoms with Crippen molar-refractivity contribution in [3.05, 3.63) is 54.0 Å². The summed E-state index contributed by atoms with van der Waals surface area (Å²) in [4.78, 5) is 35.7. The molecule has 2 aromatic heterocycles. The van der Waals surface area contributed by atoms with Crippen LogP contribution >= 0.6 is 0 Å². The van der Waals surface area contributed by atoms with Gasteiger partial charge in [-0.2, -0.15) is 0 Å². The molecule has 1 atom stereocenters. The third-order valence-corrected chi connectivity index (χ3v) is 5.10. The molecule has 1 aromatic carbocycles. The summed E-state index contributed by atoms with van der Waals surface area (Å²) in [5, 5.41) is 0.722. The molecule has 3 heterocycles. The van der Waals surface area contributed by atoms with E-state index in [-0.39, 0.29) is 24.9 Å². The molecule has 0 amide bonds. The number of hydrogen-bond acceptors (Lipinski definition) is 8. The molecule has 0 N–H and O–H groups in total. The first-order chi connectivity index (χ1) is 14.7. The lowest BCUT2D eigenvalue weighted by Crippen LogP contribution is -2.46. The van der Waals surface area contributed by atoms with Gasteiger partial charge in [0, 0.05) is 24.3 Å². The molecule has 156 valence electrons. The quantitative estimate of drug-likeness (QED) is 0.571. The van der Waals surface area contributed by atoms with E-state index < -0.39 is 12.0 Å². The number of fused-ring (bicyclic) bond motifs is 1. The highest BCUT2D eigenvalue weighted by atomic mass is 16.5. The number of anilines is 1. The molecule has 1 unspecified atom stereocenters. The summed E-state index contributed by atoms with van der Waals surface area (Å²) in [6.07, 6.45) is 5.85. The SMILES string of the molecule is CCOC(=O)c1oc2ccccc2c1COC(=O)C1CCCCN1c1ncccn1. The first-order valence-electron chi connectivity index (χ1n) is 10.1. The number of aromatic nitrogens is 2. The van der Waals surface area contributed by atoms with Crippen LogP contribution < -0.4 is 4.90 Å². The van der Waals surface area contributed by atoms with Gasteiger partial charge in [0.2, 0.25) is 11.7 Å². The van der Waals surface area contributed by atoms with E-state index in [9.17, 15) is 9.59 Å². The molecule has 1 aliphatic rings. The van der Waals surface area contributed by atoms with E-state index in [4.69, 9.17) is 13.9 Å². The van der Waals surface area contributed by atoms with Crippen LogP contribution in [0.15, 0.2) is 47.1 Å². The molecular weight excluding hydrogens is 386 g/mol. The minimum absolute atomic E-state index is 0.0674. The van der Waals surface area contributed by atoms with Gasteiger partial charge in [0.05, 0.1) is 12.2 Å². The van der Waals surface area contributed by atoms with Crippen LogP contribution in [0.1, 0.15) is 42.3 Å². The molecule has 0 radical (unpaired) electrons. The minimum Gasteiger partial charge on any atom is -0.460 e. The number of para-hydroxylation sites is 1. The van der Waals surface area contributed by atoms with Crippen LogP contribution in [0.2, 0.25) is 0 Å². The van der Waals surface area contributed by atoms with Gasteiger partial charge in [0.15, 0.2) is 0 Å². The fraction of sp³-hybridized carbons (Fsp3) is 0.364. The number of benzene rings is 1. The fourth-order valence-corrected chi connectivity index (χ4v) is 3.70. The Hall–Kier alpha value is -3.42. The predicted octanol–water partition coefficient (Wildman–Crippen LogP) is 3.50. The molecule has 4 rings (SSSR count). The summed E-state index contributed by atoms with van der Waals surface area (Å²) in [6.45, 7) is 2.56. The van der Waals surface area contributed by atoms with Crippen molar-refractivity contribution < 1.29 is 23.5 Å². The number of esters is 2.